The van der Waals surface area contributed by atoms with Crippen LogP contribution < -0.4 is 0 Å². The minimum Gasteiger partial charge on any atom is -0.463 e. The van der Waals surface area contributed by atoms with Gasteiger partial charge in [-0.1, -0.05) is 23.4 Å². The van der Waals surface area contributed by atoms with E-state index in [0.29, 0.717) is 16.1 Å². The fraction of sp³-hybridized carbons (Fsp3) is 0.222. The number of thioether (sulfide) groups is 1. The number of halogens is 1. The van der Waals surface area contributed by atoms with Crippen LogP contribution in [-0.2, 0) is 4.74 Å². The van der Waals surface area contributed by atoms with Crippen LogP contribution in [0.4, 0.5) is 0 Å². The summed E-state index contributed by atoms with van der Waals surface area (Å²) in [6.07, 6.45) is 3.19. The lowest BCUT2D eigenvalue weighted by atomic mass is 10.6. The summed E-state index contributed by atoms with van der Waals surface area (Å²) in [5, 5.41) is 4.74. The molecule has 7 nitrogen and oxygen atoms in total. The van der Waals surface area contributed by atoms with Gasteiger partial charge in [0.05, 0.1) is 7.11 Å². The van der Waals surface area contributed by atoms with E-state index in [9.17, 15) is 4.79 Å². The van der Waals surface area contributed by atoms with Crippen LogP contribution in [0.15, 0.2) is 17.6 Å². The fourth-order valence-corrected chi connectivity index (χ4v) is 1.75. The van der Waals surface area contributed by atoms with Crippen LogP contribution >= 0.6 is 23.4 Å². The van der Waals surface area contributed by atoms with Gasteiger partial charge in [-0.25, -0.2) is 24.4 Å². The van der Waals surface area contributed by atoms with Gasteiger partial charge in [-0.2, -0.15) is 0 Å². The zero-order valence-electron chi connectivity index (χ0n) is 9.49. The molecule has 2 aromatic heterocycles. The molecule has 0 bridgehead atoms. The molecule has 2 rings (SSSR count). The van der Waals surface area contributed by atoms with Gasteiger partial charge in [-0.05, 0) is 6.26 Å². The van der Waals surface area contributed by atoms with E-state index in [1.807, 2.05) is 6.26 Å². The Balaban J connectivity index is 2.39. The molecule has 0 aliphatic rings. The molecule has 0 amide bonds. The van der Waals surface area contributed by atoms with Gasteiger partial charge < -0.3 is 4.74 Å². The van der Waals surface area contributed by atoms with E-state index < -0.39 is 5.97 Å². The van der Waals surface area contributed by atoms with Gasteiger partial charge in [0.25, 0.3) is 5.82 Å². The van der Waals surface area contributed by atoms with Gasteiger partial charge >= 0.3 is 5.97 Å². The lowest BCUT2D eigenvalue weighted by Gasteiger charge is -2.01. The maximum absolute atomic E-state index is 11.2. The number of rotatable bonds is 3. The van der Waals surface area contributed by atoms with E-state index in [-0.39, 0.29) is 5.82 Å². The van der Waals surface area contributed by atoms with Crippen molar-refractivity contribution in [2.24, 2.45) is 0 Å². The Morgan fingerprint density at radius 2 is 2.28 bits per heavy atom. The molecule has 0 saturated carbocycles. The molecule has 9 heteroatoms. The van der Waals surface area contributed by atoms with Gasteiger partial charge in [-0.15, -0.1) is 5.10 Å². The highest BCUT2D eigenvalue weighted by atomic mass is 35.5. The Morgan fingerprint density at radius 1 is 1.50 bits per heavy atom. The van der Waals surface area contributed by atoms with Gasteiger partial charge in [0, 0.05) is 6.07 Å². The summed E-state index contributed by atoms with van der Waals surface area (Å²) in [7, 11) is 1.26. The van der Waals surface area contributed by atoms with Crippen LogP contribution in [0.25, 0.3) is 5.82 Å². The van der Waals surface area contributed by atoms with Gasteiger partial charge in [-0.3, -0.25) is 0 Å². The van der Waals surface area contributed by atoms with E-state index in [1.165, 1.54) is 35.9 Å². The third-order valence-electron chi connectivity index (χ3n) is 1.94. The number of aromatic nitrogens is 5. The summed E-state index contributed by atoms with van der Waals surface area (Å²) in [5.74, 6) is -0.223. The van der Waals surface area contributed by atoms with Crippen LogP contribution in [-0.4, -0.2) is 44.1 Å². The first-order chi connectivity index (χ1) is 8.63. The van der Waals surface area contributed by atoms with E-state index in [2.05, 4.69) is 24.8 Å². The number of esters is 1. The van der Waals surface area contributed by atoms with Crippen molar-refractivity contribution in [3.05, 3.63) is 23.4 Å². The van der Waals surface area contributed by atoms with Crippen molar-refractivity contribution in [2.45, 2.75) is 5.16 Å². The number of carbonyl (C=O) groups is 1. The SMILES string of the molecule is COC(=O)c1ncn(-c2cc(Cl)nc(SC)n2)n1. The Kier molecular flexibility index (Phi) is 3.78. The highest BCUT2D eigenvalue weighted by Gasteiger charge is 2.13. The number of nitrogens with zero attached hydrogens (tertiary/aromatic N) is 5. The molecule has 0 aliphatic carbocycles. The van der Waals surface area contributed by atoms with Gasteiger partial charge in [0.1, 0.15) is 11.5 Å². The summed E-state index contributed by atoms with van der Waals surface area (Å²) in [5.41, 5.74) is 0. The van der Waals surface area contributed by atoms with E-state index >= 15 is 0 Å². The smallest absolute Gasteiger partial charge is 0.377 e. The summed E-state index contributed by atoms with van der Waals surface area (Å²) < 4.78 is 5.85. The molecule has 0 fully saturated rings. The highest BCUT2D eigenvalue weighted by molar-refractivity contribution is 7.98. The predicted octanol–water partition coefficient (Wildman–Crippen LogP) is 1.22. The normalized spacial score (nSPS) is 10.4. The van der Waals surface area contributed by atoms with E-state index in [4.69, 9.17) is 11.6 Å². The molecule has 2 heterocycles. The average Bonchev–Trinajstić information content (AvgIpc) is 2.86. The zero-order valence-corrected chi connectivity index (χ0v) is 11.1. The van der Waals surface area contributed by atoms with Crippen LogP contribution in [0, 0.1) is 0 Å². The molecule has 0 aromatic carbocycles. The van der Waals surface area contributed by atoms with Crippen molar-refractivity contribution in [2.75, 3.05) is 13.4 Å². The molecule has 0 N–H and O–H groups in total. The summed E-state index contributed by atoms with van der Waals surface area (Å²) in [6.45, 7) is 0. The second kappa shape index (κ2) is 5.32. The molecule has 0 radical (unpaired) electrons. The minimum atomic E-state index is -0.612. The lowest BCUT2D eigenvalue weighted by Crippen LogP contribution is -2.06. The molecule has 94 valence electrons. The third kappa shape index (κ3) is 2.59. The Morgan fingerprint density at radius 3 is 2.94 bits per heavy atom. The van der Waals surface area contributed by atoms with Crippen molar-refractivity contribution in [1.29, 1.82) is 0 Å². The minimum absolute atomic E-state index is 0.0436. The summed E-state index contributed by atoms with van der Waals surface area (Å²) >= 11 is 7.21. The topological polar surface area (TPSA) is 82.8 Å². The molecule has 0 aliphatic heterocycles. The molecule has 0 unspecified atom stereocenters. The van der Waals surface area contributed by atoms with Gasteiger partial charge in [0.2, 0.25) is 0 Å². The maximum atomic E-state index is 11.2. The number of carbonyl (C=O) groups excluding carboxylic acids is 1. The Hall–Kier alpha value is -1.67. The molecule has 0 spiro atoms. The first-order valence-electron chi connectivity index (χ1n) is 4.73. The second-order valence-corrected chi connectivity index (χ2v) is 4.20. The van der Waals surface area contributed by atoms with E-state index in [0.717, 1.165) is 0 Å². The molecule has 2 aromatic rings. The molecular weight excluding hydrogens is 278 g/mol. The molecular formula is C9H8ClN5O2S. The third-order valence-corrected chi connectivity index (χ3v) is 2.68. The van der Waals surface area contributed by atoms with Crippen LogP contribution in [0.5, 0.6) is 0 Å². The first-order valence-corrected chi connectivity index (χ1v) is 6.33. The number of hydrogen-bond acceptors (Lipinski definition) is 7. The monoisotopic (exact) mass is 285 g/mol. The average molecular weight is 286 g/mol. The first kappa shape index (κ1) is 12.8. The fourth-order valence-electron chi connectivity index (χ4n) is 1.15. The number of hydrogen-bond donors (Lipinski definition) is 0. The molecule has 0 saturated heterocycles. The number of ether oxygens (including phenoxy) is 1. The largest absolute Gasteiger partial charge is 0.463 e. The standard InChI is InChI=1S/C9H8ClN5O2S/c1-17-8(16)7-11-4-15(14-7)6-3-5(10)12-9(13-6)18-2/h3-4H,1-2H3. The van der Waals surface area contributed by atoms with Crippen molar-refractivity contribution in [3.8, 4) is 5.82 Å². The van der Waals surface area contributed by atoms with E-state index in [1.54, 1.807) is 0 Å². The van der Waals surface area contributed by atoms with Crippen molar-refractivity contribution < 1.29 is 9.53 Å². The molecule has 18 heavy (non-hydrogen) atoms. The van der Waals surface area contributed by atoms with Crippen molar-refractivity contribution in [1.82, 2.24) is 24.7 Å². The lowest BCUT2D eigenvalue weighted by molar-refractivity contribution is 0.0587. The highest BCUT2D eigenvalue weighted by Crippen LogP contribution is 2.16. The van der Waals surface area contributed by atoms with Crippen molar-refractivity contribution in [3.63, 3.8) is 0 Å². The summed E-state index contributed by atoms with van der Waals surface area (Å²) in [4.78, 5) is 23.2. The zero-order chi connectivity index (χ0) is 13.1. The van der Waals surface area contributed by atoms with Crippen LogP contribution in [0.1, 0.15) is 10.6 Å². The maximum Gasteiger partial charge on any atom is 0.377 e. The van der Waals surface area contributed by atoms with Crippen LogP contribution in [0.2, 0.25) is 5.15 Å². The quantitative estimate of drug-likeness (QED) is 0.363. The predicted molar refractivity (Wildman–Crippen MR) is 65.1 cm³/mol. The van der Waals surface area contributed by atoms with Crippen molar-refractivity contribution >= 4 is 29.3 Å². The van der Waals surface area contributed by atoms with Gasteiger partial charge in [0.15, 0.2) is 11.0 Å². The summed E-state index contributed by atoms with van der Waals surface area (Å²) in [6, 6.07) is 1.52. The molecule has 0 atom stereocenters. The van der Waals surface area contributed by atoms with Crippen LogP contribution in [0.3, 0.4) is 0 Å². The Bertz CT molecular complexity index is 588. The number of methoxy groups -OCH3 is 1. The second-order valence-electron chi connectivity index (χ2n) is 3.04. The Labute approximate surface area is 112 Å².